The van der Waals surface area contributed by atoms with Crippen LogP contribution in [0.4, 0.5) is 0 Å². The van der Waals surface area contributed by atoms with Crippen LogP contribution in [-0.4, -0.2) is 23.4 Å². The highest BCUT2D eigenvalue weighted by Crippen LogP contribution is 2.30. The summed E-state index contributed by atoms with van der Waals surface area (Å²) in [5.74, 6) is -0.348. The van der Waals surface area contributed by atoms with E-state index in [0.717, 1.165) is 10.9 Å². The smallest absolute Gasteiger partial charge is 0.380 e. The van der Waals surface area contributed by atoms with Crippen LogP contribution in [0.15, 0.2) is 24.4 Å². The number of hydrogen-bond acceptors (Lipinski definition) is 4. The number of ether oxygens (including phenoxy) is 2. The minimum Gasteiger partial charge on any atom is -0.497 e. The second-order valence-corrected chi connectivity index (χ2v) is 4.15. The van der Waals surface area contributed by atoms with Gasteiger partial charge in [-0.05, 0) is 18.2 Å². The van der Waals surface area contributed by atoms with Crippen LogP contribution in [0.3, 0.4) is 0 Å². The van der Waals surface area contributed by atoms with Gasteiger partial charge in [0.05, 0.1) is 12.6 Å². The Balaban J connectivity index is 2.43. The van der Waals surface area contributed by atoms with Crippen LogP contribution in [0.1, 0.15) is 13.3 Å². The molecule has 0 radical (unpaired) electrons. The van der Waals surface area contributed by atoms with Gasteiger partial charge in [-0.15, -0.1) is 0 Å². The third-order valence-electron chi connectivity index (χ3n) is 2.91. The first-order valence-corrected chi connectivity index (χ1v) is 5.95. The third-order valence-corrected chi connectivity index (χ3v) is 2.91. The van der Waals surface area contributed by atoms with E-state index in [1.54, 1.807) is 26.3 Å². The molecule has 100 valence electrons. The molecule has 5 nitrogen and oxygen atoms in total. The predicted octanol–water partition coefficient (Wildman–Crippen LogP) is 2.07. The summed E-state index contributed by atoms with van der Waals surface area (Å²) in [6.07, 6.45) is 1.80. The Labute approximate surface area is 110 Å². The van der Waals surface area contributed by atoms with Gasteiger partial charge in [-0.3, -0.25) is 4.79 Å². The molecule has 0 bridgehead atoms. The Morgan fingerprint density at radius 1 is 1.32 bits per heavy atom. The number of benzene rings is 1. The van der Waals surface area contributed by atoms with Crippen LogP contribution in [0, 0.1) is 0 Å². The van der Waals surface area contributed by atoms with E-state index in [9.17, 15) is 9.59 Å². The van der Waals surface area contributed by atoms with Crippen molar-refractivity contribution in [3.8, 4) is 11.5 Å². The van der Waals surface area contributed by atoms with Crippen molar-refractivity contribution in [1.29, 1.82) is 0 Å². The number of hydrogen-bond donors (Lipinski definition) is 0. The second-order valence-electron chi connectivity index (χ2n) is 4.15. The summed E-state index contributed by atoms with van der Waals surface area (Å²) in [5, 5.41) is 0.735. The topological polar surface area (TPSA) is 57.5 Å². The van der Waals surface area contributed by atoms with Gasteiger partial charge in [-0.1, -0.05) is 6.92 Å². The molecule has 1 heterocycles. The summed E-state index contributed by atoms with van der Waals surface area (Å²) >= 11 is 0. The van der Waals surface area contributed by atoms with E-state index >= 15 is 0 Å². The highest BCUT2D eigenvalue weighted by molar-refractivity contribution is 6.34. The maximum Gasteiger partial charge on any atom is 0.380 e. The SMILES string of the molecule is CCC(=O)C(=O)Oc1cn(C)c2ccc(OC)cc12. The fourth-order valence-corrected chi connectivity index (χ4v) is 1.84. The summed E-state index contributed by atoms with van der Waals surface area (Å²) < 4.78 is 12.1. The van der Waals surface area contributed by atoms with Gasteiger partial charge in [0, 0.05) is 25.1 Å². The van der Waals surface area contributed by atoms with Crippen molar-refractivity contribution in [2.45, 2.75) is 13.3 Å². The minimum absolute atomic E-state index is 0.132. The lowest BCUT2D eigenvalue weighted by Gasteiger charge is -2.02. The van der Waals surface area contributed by atoms with Crippen molar-refractivity contribution in [1.82, 2.24) is 4.57 Å². The van der Waals surface area contributed by atoms with Gasteiger partial charge in [-0.25, -0.2) is 4.79 Å². The van der Waals surface area contributed by atoms with Gasteiger partial charge < -0.3 is 14.0 Å². The number of aryl methyl sites for hydroxylation is 1. The highest BCUT2D eigenvalue weighted by Gasteiger charge is 2.17. The van der Waals surface area contributed by atoms with Gasteiger partial charge in [0.15, 0.2) is 5.75 Å². The zero-order valence-corrected chi connectivity index (χ0v) is 11.1. The quantitative estimate of drug-likeness (QED) is 0.624. The molecule has 2 rings (SSSR count). The van der Waals surface area contributed by atoms with Crippen LogP contribution < -0.4 is 9.47 Å². The van der Waals surface area contributed by atoms with E-state index in [-0.39, 0.29) is 6.42 Å². The van der Waals surface area contributed by atoms with Crippen LogP contribution in [0.25, 0.3) is 10.9 Å². The molecule has 0 N–H and O–H groups in total. The molecule has 0 unspecified atom stereocenters. The summed E-state index contributed by atoms with van der Waals surface area (Å²) in [6, 6.07) is 5.46. The Kier molecular flexibility index (Phi) is 3.55. The Morgan fingerprint density at radius 3 is 2.68 bits per heavy atom. The Bertz CT molecular complexity index is 642. The molecule has 0 saturated heterocycles. The third kappa shape index (κ3) is 2.45. The maximum atomic E-state index is 11.5. The van der Waals surface area contributed by atoms with E-state index < -0.39 is 11.8 Å². The summed E-state index contributed by atoms with van der Waals surface area (Å²) in [4.78, 5) is 22.8. The molecule has 0 aliphatic heterocycles. The van der Waals surface area contributed by atoms with Crippen molar-refractivity contribution in [3.63, 3.8) is 0 Å². The average molecular weight is 261 g/mol. The van der Waals surface area contributed by atoms with Crippen molar-refractivity contribution in [2.75, 3.05) is 7.11 Å². The fourth-order valence-electron chi connectivity index (χ4n) is 1.84. The molecule has 19 heavy (non-hydrogen) atoms. The molecule has 0 fully saturated rings. The van der Waals surface area contributed by atoms with E-state index in [0.29, 0.717) is 11.5 Å². The number of ketones is 1. The largest absolute Gasteiger partial charge is 0.497 e. The highest BCUT2D eigenvalue weighted by atomic mass is 16.5. The predicted molar refractivity (Wildman–Crippen MR) is 70.4 cm³/mol. The molecule has 0 atom stereocenters. The minimum atomic E-state index is -0.835. The molecular formula is C14H15NO4. The van der Waals surface area contributed by atoms with Crippen LogP contribution in [0.5, 0.6) is 11.5 Å². The van der Waals surface area contributed by atoms with Gasteiger partial charge in [0.2, 0.25) is 5.78 Å². The lowest BCUT2D eigenvalue weighted by Crippen LogP contribution is -2.19. The van der Waals surface area contributed by atoms with Gasteiger partial charge in [0.1, 0.15) is 5.75 Å². The van der Waals surface area contributed by atoms with Crippen LogP contribution in [-0.2, 0) is 16.6 Å². The van der Waals surface area contributed by atoms with Crippen molar-refractivity contribution in [3.05, 3.63) is 24.4 Å². The zero-order valence-electron chi connectivity index (χ0n) is 11.1. The number of rotatable bonds is 4. The molecular weight excluding hydrogens is 246 g/mol. The summed E-state index contributed by atoms with van der Waals surface area (Å²) in [6.45, 7) is 1.62. The zero-order chi connectivity index (χ0) is 14.0. The molecule has 1 aromatic heterocycles. The molecule has 0 saturated carbocycles. The van der Waals surface area contributed by atoms with Gasteiger partial charge >= 0.3 is 5.97 Å². The van der Waals surface area contributed by atoms with Crippen molar-refractivity contribution in [2.24, 2.45) is 7.05 Å². The number of aromatic nitrogens is 1. The fraction of sp³-hybridized carbons (Fsp3) is 0.286. The van der Waals surface area contributed by atoms with Crippen LogP contribution in [0.2, 0.25) is 0 Å². The number of methoxy groups -OCH3 is 1. The number of nitrogens with zero attached hydrogens (tertiary/aromatic N) is 1. The molecule has 5 heteroatoms. The van der Waals surface area contributed by atoms with Crippen molar-refractivity contribution >= 4 is 22.7 Å². The summed E-state index contributed by atoms with van der Waals surface area (Å²) in [7, 11) is 3.41. The lowest BCUT2D eigenvalue weighted by molar-refractivity contribution is -0.146. The lowest BCUT2D eigenvalue weighted by atomic mass is 10.2. The molecule has 1 aromatic carbocycles. The van der Waals surface area contributed by atoms with E-state index in [2.05, 4.69) is 0 Å². The standard InChI is InChI=1S/C14H15NO4/c1-4-12(16)14(17)19-13-8-15(2)11-6-5-9(18-3)7-10(11)13/h5-8H,4H2,1-3H3. The van der Waals surface area contributed by atoms with Crippen molar-refractivity contribution < 1.29 is 19.1 Å². The second kappa shape index (κ2) is 5.14. The van der Waals surface area contributed by atoms with E-state index in [4.69, 9.17) is 9.47 Å². The number of carbonyl (C=O) groups excluding carboxylic acids is 2. The Morgan fingerprint density at radius 2 is 2.05 bits per heavy atom. The molecule has 2 aromatic rings. The van der Waals surface area contributed by atoms with Gasteiger partial charge in [-0.2, -0.15) is 0 Å². The number of Topliss-reactive ketones (excluding diaryl/α,β-unsaturated/α-hetero) is 1. The number of esters is 1. The molecule has 0 amide bonds. The monoisotopic (exact) mass is 261 g/mol. The normalized spacial score (nSPS) is 10.5. The van der Waals surface area contributed by atoms with E-state index in [1.807, 2.05) is 23.7 Å². The molecule has 0 aliphatic carbocycles. The van der Waals surface area contributed by atoms with Gasteiger partial charge in [0.25, 0.3) is 0 Å². The Hall–Kier alpha value is -2.30. The molecule has 0 aliphatic rings. The summed E-state index contributed by atoms with van der Waals surface area (Å²) in [5.41, 5.74) is 0.896. The first-order chi connectivity index (χ1) is 9.06. The molecule has 0 spiro atoms. The van der Waals surface area contributed by atoms with Crippen LogP contribution >= 0.6 is 0 Å². The average Bonchev–Trinajstić information content (AvgIpc) is 2.73. The first kappa shape index (κ1) is 13.1. The van der Waals surface area contributed by atoms with E-state index in [1.165, 1.54) is 0 Å². The maximum absolute atomic E-state index is 11.5. The first-order valence-electron chi connectivity index (χ1n) is 5.95. The number of fused-ring (bicyclic) bond motifs is 1. The number of carbonyl (C=O) groups is 2.